The number of nitrogens with zero attached hydrogens (tertiary/aromatic N) is 2. The number of ether oxygens (including phenoxy) is 3. The lowest BCUT2D eigenvalue weighted by molar-refractivity contribution is 0.115. The SMILES string of the molecule is CN=C(NCc1ccc(OC)cc1OC)N(C)CCOCC1CC1.I. The third kappa shape index (κ3) is 7.27. The van der Waals surface area contributed by atoms with Crippen LogP contribution in [0.2, 0.25) is 0 Å². The molecule has 0 aromatic heterocycles. The molecule has 0 unspecified atom stereocenters. The molecule has 1 fully saturated rings. The van der Waals surface area contributed by atoms with E-state index in [1.54, 1.807) is 21.3 Å². The first-order valence-electron chi connectivity index (χ1n) is 8.38. The van der Waals surface area contributed by atoms with Gasteiger partial charge in [-0.3, -0.25) is 4.99 Å². The van der Waals surface area contributed by atoms with Crippen molar-refractivity contribution < 1.29 is 14.2 Å². The normalized spacial score (nSPS) is 13.8. The van der Waals surface area contributed by atoms with Crippen molar-refractivity contribution in [3.05, 3.63) is 23.8 Å². The van der Waals surface area contributed by atoms with Gasteiger partial charge in [0.05, 0.1) is 20.8 Å². The maximum Gasteiger partial charge on any atom is 0.193 e. The average Bonchev–Trinajstić information content (AvgIpc) is 3.43. The van der Waals surface area contributed by atoms with E-state index in [0.29, 0.717) is 6.54 Å². The van der Waals surface area contributed by atoms with E-state index in [2.05, 4.69) is 15.2 Å². The lowest BCUT2D eigenvalue weighted by Crippen LogP contribution is -2.40. The van der Waals surface area contributed by atoms with Gasteiger partial charge in [0, 0.05) is 45.4 Å². The second-order valence-corrected chi connectivity index (χ2v) is 6.02. The number of halogens is 1. The lowest BCUT2D eigenvalue weighted by atomic mass is 10.2. The van der Waals surface area contributed by atoms with Gasteiger partial charge in [-0.1, -0.05) is 0 Å². The predicted octanol–water partition coefficient (Wildman–Crippen LogP) is 2.76. The molecule has 2 rings (SSSR count). The van der Waals surface area contributed by atoms with Crippen LogP contribution in [0.15, 0.2) is 23.2 Å². The Kier molecular flexibility index (Phi) is 9.96. The second-order valence-electron chi connectivity index (χ2n) is 6.02. The summed E-state index contributed by atoms with van der Waals surface area (Å²) in [6.07, 6.45) is 2.64. The average molecular weight is 463 g/mol. The van der Waals surface area contributed by atoms with Gasteiger partial charge in [-0.25, -0.2) is 0 Å². The van der Waals surface area contributed by atoms with E-state index in [0.717, 1.165) is 48.7 Å². The van der Waals surface area contributed by atoms with E-state index in [1.807, 2.05) is 25.2 Å². The molecule has 0 aliphatic heterocycles. The van der Waals surface area contributed by atoms with Crippen LogP contribution in [0.25, 0.3) is 0 Å². The largest absolute Gasteiger partial charge is 0.497 e. The summed E-state index contributed by atoms with van der Waals surface area (Å²) in [5, 5.41) is 3.36. The van der Waals surface area contributed by atoms with Gasteiger partial charge in [-0.2, -0.15) is 0 Å². The van der Waals surface area contributed by atoms with Crippen molar-refractivity contribution in [1.82, 2.24) is 10.2 Å². The maximum absolute atomic E-state index is 5.69. The van der Waals surface area contributed by atoms with E-state index >= 15 is 0 Å². The third-order valence-electron chi connectivity index (χ3n) is 4.13. The zero-order chi connectivity index (χ0) is 17.4. The van der Waals surface area contributed by atoms with Crippen LogP contribution in [0.3, 0.4) is 0 Å². The summed E-state index contributed by atoms with van der Waals surface area (Å²) < 4.78 is 16.3. The first-order valence-corrected chi connectivity index (χ1v) is 8.38. The Morgan fingerprint density at radius 1 is 1.28 bits per heavy atom. The number of guanidine groups is 1. The zero-order valence-electron chi connectivity index (χ0n) is 15.6. The number of rotatable bonds is 9. The van der Waals surface area contributed by atoms with Crippen LogP contribution in [-0.2, 0) is 11.3 Å². The van der Waals surface area contributed by atoms with Crippen LogP contribution in [0.1, 0.15) is 18.4 Å². The highest BCUT2D eigenvalue weighted by molar-refractivity contribution is 14.0. The molecule has 1 N–H and O–H groups in total. The van der Waals surface area contributed by atoms with Crippen LogP contribution in [0, 0.1) is 5.92 Å². The van der Waals surface area contributed by atoms with Crippen molar-refractivity contribution in [2.75, 3.05) is 48.1 Å². The molecule has 1 aliphatic carbocycles. The highest BCUT2D eigenvalue weighted by Crippen LogP contribution is 2.28. The van der Waals surface area contributed by atoms with E-state index in [4.69, 9.17) is 14.2 Å². The fourth-order valence-electron chi connectivity index (χ4n) is 2.40. The van der Waals surface area contributed by atoms with E-state index < -0.39 is 0 Å². The summed E-state index contributed by atoms with van der Waals surface area (Å²) in [4.78, 5) is 6.40. The quantitative estimate of drug-likeness (QED) is 0.264. The Labute approximate surface area is 167 Å². The Bertz CT molecular complexity index is 550. The van der Waals surface area contributed by atoms with Gasteiger partial charge < -0.3 is 24.4 Å². The van der Waals surface area contributed by atoms with Gasteiger partial charge in [0.15, 0.2) is 5.96 Å². The molecule has 0 amide bonds. The molecule has 0 bridgehead atoms. The summed E-state index contributed by atoms with van der Waals surface area (Å²) in [6.45, 7) is 3.06. The smallest absolute Gasteiger partial charge is 0.193 e. The molecule has 1 aromatic carbocycles. The summed E-state index contributed by atoms with van der Waals surface area (Å²) in [5.41, 5.74) is 1.05. The maximum atomic E-state index is 5.69. The molecule has 0 radical (unpaired) electrons. The predicted molar refractivity (Wildman–Crippen MR) is 111 cm³/mol. The standard InChI is InChI=1S/C18H29N3O3.HI/c1-19-18(21(2)9-10-24-13-14-5-6-14)20-12-15-7-8-16(22-3)11-17(15)23-4;/h7-8,11,14H,5-6,9-10,12-13H2,1-4H3,(H,19,20);1H. The third-order valence-corrected chi connectivity index (χ3v) is 4.13. The minimum Gasteiger partial charge on any atom is -0.497 e. The molecule has 0 atom stereocenters. The van der Waals surface area contributed by atoms with Crippen molar-refractivity contribution in [3.8, 4) is 11.5 Å². The Hall–Kier alpha value is -1.22. The molecule has 25 heavy (non-hydrogen) atoms. The number of nitrogens with one attached hydrogen (secondary N) is 1. The molecular formula is C18H30IN3O3. The Morgan fingerprint density at radius 2 is 2.04 bits per heavy atom. The summed E-state index contributed by atoms with van der Waals surface area (Å²) in [5.74, 6) is 3.22. The second kappa shape index (κ2) is 11.4. The van der Waals surface area contributed by atoms with Crippen molar-refractivity contribution in [3.63, 3.8) is 0 Å². The van der Waals surface area contributed by atoms with Crippen LogP contribution in [0.5, 0.6) is 11.5 Å². The van der Waals surface area contributed by atoms with Gasteiger partial charge in [0.25, 0.3) is 0 Å². The van der Waals surface area contributed by atoms with Crippen molar-refractivity contribution in [1.29, 1.82) is 0 Å². The first kappa shape index (κ1) is 21.8. The fourth-order valence-corrected chi connectivity index (χ4v) is 2.40. The lowest BCUT2D eigenvalue weighted by Gasteiger charge is -2.22. The number of likely N-dealkylation sites (N-methyl/N-ethyl adjacent to an activating group) is 1. The van der Waals surface area contributed by atoms with Crippen molar-refractivity contribution in [2.24, 2.45) is 10.9 Å². The minimum atomic E-state index is 0. The molecule has 1 saturated carbocycles. The number of hydrogen-bond donors (Lipinski definition) is 1. The molecule has 142 valence electrons. The Balaban J connectivity index is 0.00000312. The molecule has 0 spiro atoms. The van der Waals surface area contributed by atoms with Gasteiger partial charge in [-0.15, -0.1) is 24.0 Å². The summed E-state index contributed by atoms with van der Waals surface area (Å²) in [6, 6.07) is 5.81. The van der Waals surface area contributed by atoms with E-state index in [-0.39, 0.29) is 24.0 Å². The summed E-state index contributed by atoms with van der Waals surface area (Å²) in [7, 11) is 7.11. The van der Waals surface area contributed by atoms with Gasteiger partial charge >= 0.3 is 0 Å². The van der Waals surface area contributed by atoms with Crippen LogP contribution in [0.4, 0.5) is 0 Å². The topological polar surface area (TPSA) is 55.3 Å². The first-order chi connectivity index (χ1) is 11.7. The molecule has 1 aromatic rings. The van der Waals surface area contributed by atoms with E-state index in [9.17, 15) is 0 Å². The number of methoxy groups -OCH3 is 2. The van der Waals surface area contributed by atoms with Crippen LogP contribution < -0.4 is 14.8 Å². The fraction of sp³-hybridized carbons (Fsp3) is 0.611. The van der Waals surface area contributed by atoms with E-state index in [1.165, 1.54) is 12.8 Å². The highest BCUT2D eigenvalue weighted by Gasteiger charge is 2.21. The Morgan fingerprint density at radius 3 is 2.64 bits per heavy atom. The highest BCUT2D eigenvalue weighted by atomic mass is 127. The van der Waals surface area contributed by atoms with Gasteiger partial charge in [0.1, 0.15) is 11.5 Å². The van der Waals surface area contributed by atoms with Gasteiger partial charge in [0.2, 0.25) is 0 Å². The number of aliphatic imine (C=N–C) groups is 1. The molecule has 7 heteroatoms. The monoisotopic (exact) mass is 463 g/mol. The molecule has 0 heterocycles. The number of hydrogen-bond acceptors (Lipinski definition) is 4. The molecular weight excluding hydrogens is 433 g/mol. The molecule has 0 saturated heterocycles. The summed E-state index contributed by atoms with van der Waals surface area (Å²) >= 11 is 0. The number of benzene rings is 1. The molecule has 6 nitrogen and oxygen atoms in total. The van der Waals surface area contributed by atoms with Crippen LogP contribution in [-0.4, -0.2) is 58.9 Å². The van der Waals surface area contributed by atoms with Gasteiger partial charge in [-0.05, 0) is 30.9 Å². The van der Waals surface area contributed by atoms with Crippen LogP contribution >= 0.6 is 24.0 Å². The molecule has 1 aliphatic rings. The zero-order valence-corrected chi connectivity index (χ0v) is 17.9. The minimum absolute atomic E-state index is 0. The van der Waals surface area contributed by atoms with Crippen molar-refractivity contribution in [2.45, 2.75) is 19.4 Å². The van der Waals surface area contributed by atoms with Crippen molar-refractivity contribution >= 4 is 29.9 Å².